The van der Waals surface area contributed by atoms with Gasteiger partial charge < -0.3 is 10.1 Å². The van der Waals surface area contributed by atoms with Gasteiger partial charge in [-0.1, -0.05) is 11.6 Å². The fraction of sp³-hybridized carbons (Fsp3) is 0.400. The van der Waals surface area contributed by atoms with Crippen LogP contribution >= 0.6 is 11.6 Å². The molecule has 2 aliphatic rings. The van der Waals surface area contributed by atoms with Gasteiger partial charge in [-0.2, -0.15) is 5.26 Å². The summed E-state index contributed by atoms with van der Waals surface area (Å²) in [5, 5.41) is 12.4. The molecule has 2 unspecified atom stereocenters. The van der Waals surface area contributed by atoms with Crippen LogP contribution < -0.4 is 10.1 Å². The van der Waals surface area contributed by atoms with Gasteiger partial charge in [-0.3, -0.25) is 4.79 Å². The SMILES string of the molecule is N#Cc1ccc(OC2CC3CC(NC(=O)c4ncccn4)CC3C2)cc1Cl. The van der Waals surface area contributed by atoms with Crippen molar-refractivity contribution in [3.63, 3.8) is 0 Å². The van der Waals surface area contributed by atoms with Gasteiger partial charge in [-0.25, -0.2) is 9.97 Å². The molecule has 2 aromatic rings. The number of aromatic nitrogens is 2. The largest absolute Gasteiger partial charge is 0.490 e. The number of fused-ring (bicyclic) bond motifs is 1. The second-order valence-corrected chi connectivity index (χ2v) is 7.61. The summed E-state index contributed by atoms with van der Waals surface area (Å²) in [6, 6.07) is 9.09. The lowest BCUT2D eigenvalue weighted by molar-refractivity contribution is 0.0924. The Labute approximate surface area is 162 Å². The van der Waals surface area contributed by atoms with E-state index in [-0.39, 0.29) is 23.9 Å². The van der Waals surface area contributed by atoms with Gasteiger partial charge in [0.1, 0.15) is 11.8 Å². The molecule has 1 aromatic heterocycles. The highest BCUT2D eigenvalue weighted by molar-refractivity contribution is 6.31. The van der Waals surface area contributed by atoms with Crippen LogP contribution in [0.5, 0.6) is 5.75 Å². The summed E-state index contributed by atoms with van der Waals surface area (Å²) in [6.45, 7) is 0. The molecule has 0 radical (unpaired) electrons. The number of nitrogens with one attached hydrogen (secondary N) is 1. The van der Waals surface area contributed by atoms with Crippen molar-refractivity contribution in [2.75, 3.05) is 0 Å². The predicted molar refractivity (Wildman–Crippen MR) is 99.3 cm³/mol. The highest BCUT2D eigenvalue weighted by Crippen LogP contribution is 2.45. The molecule has 1 heterocycles. The standard InChI is InChI=1S/C20H19ClN4O2/c21-18-10-16(3-2-12(18)11-22)27-17-8-13-6-15(7-14(13)9-17)25-20(26)19-23-4-1-5-24-19/h1-5,10,13-15,17H,6-9H2,(H,25,26). The van der Waals surface area contributed by atoms with Crippen LogP contribution in [0, 0.1) is 23.2 Å². The molecule has 1 N–H and O–H groups in total. The Morgan fingerprint density at radius 3 is 2.52 bits per heavy atom. The van der Waals surface area contributed by atoms with Gasteiger partial charge in [0, 0.05) is 24.5 Å². The third-order valence-electron chi connectivity index (χ3n) is 5.44. The minimum Gasteiger partial charge on any atom is -0.490 e. The van der Waals surface area contributed by atoms with Gasteiger partial charge in [0.2, 0.25) is 5.82 Å². The van der Waals surface area contributed by atoms with E-state index in [0.29, 0.717) is 28.2 Å². The van der Waals surface area contributed by atoms with E-state index in [1.165, 1.54) is 0 Å². The zero-order chi connectivity index (χ0) is 18.8. The number of nitriles is 1. The van der Waals surface area contributed by atoms with E-state index in [4.69, 9.17) is 21.6 Å². The van der Waals surface area contributed by atoms with Gasteiger partial charge in [0.15, 0.2) is 0 Å². The molecule has 138 valence electrons. The van der Waals surface area contributed by atoms with Gasteiger partial charge in [-0.05, 0) is 55.7 Å². The second kappa shape index (κ2) is 7.53. The first kappa shape index (κ1) is 17.7. The molecule has 4 rings (SSSR count). The van der Waals surface area contributed by atoms with Crippen molar-refractivity contribution >= 4 is 17.5 Å². The van der Waals surface area contributed by atoms with E-state index in [1.807, 2.05) is 6.07 Å². The zero-order valence-corrected chi connectivity index (χ0v) is 15.4. The number of halogens is 1. The van der Waals surface area contributed by atoms with Crippen molar-refractivity contribution in [1.29, 1.82) is 5.26 Å². The summed E-state index contributed by atoms with van der Waals surface area (Å²) < 4.78 is 6.08. The maximum atomic E-state index is 12.2. The number of carbonyl (C=O) groups is 1. The van der Waals surface area contributed by atoms with Crippen LogP contribution in [0.2, 0.25) is 5.02 Å². The van der Waals surface area contributed by atoms with E-state index in [9.17, 15) is 4.79 Å². The molecule has 6 nitrogen and oxygen atoms in total. The Balaban J connectivity index is 1.30. The molecule has 27 heavy (non-hydrogen) atoms. The number of benzene rings is 1. The van der Waals surface area contributed by atoms with Crippen LogP contribution in [0.3, 0.4) is 0 Å². The van der Waals surface area contributed by atoms with Gasteiger partial charge >= 0.3 is 0 Å². The third kappa shape index (κ3) is 3.88. The second-order valence-electron chi connectivity index (χ2n) is 7.20. The first-order valence-electron chi connectivity index (χ1n) is 9.06. The Bertz CT molecular complexity index is 869. The molecule has 0 spiro atoms. The van der Waals surface area contributed by atoms with Crippen LogP contribution in [-0.2, 0) is 0 Å². The predicted octanol–water partition coefficient (Wildman–Crippen LogP) is 3.37. The Morgan fingerprint density at radius 2 is 1.89 bits per heavy atom. The average molecular weight is 383 g/mol. The molecular weight excluding hydrogens is 364 g/mol. The van der Waals surface area contributed by atoms with Crippen LogP contribution in [-0.4, -0.2) is 28.0 Å². The fourth-order valence-corrected chi connectivity index (χ4v) is 4.51. The number of amides is 1. The summed E-state index contributed by atoms with van der Waals surface area (Å²) in [7, 11) is 0. The van der Waals surface area contributed by atoms with Crippen LogP contribution in [0.1, 0.15) is 41.9 Å². The molecule has 2 atom stereocenters. The summed E-state index contributed by atoms with van der Waals surface area (Å²) in [4.78, 5) is 20.2. The lowest BCUT2D eigenvalue weighted by Crippen LogP contribution is -2.34. The first-order valence-corrected chi connectivity index (χ1v) is 9.44. The number of ether oxygens (including phenoxy) is 1. The molecule has 7 heteroatoms. The highest BCUT2D eigenvalue weighted by Gasteiger charge is 2.43. The average Bonchev–Trinajstić information content (AvgIpc) is 3.20. The van der Waals surface area contributed by atoms with Crippen molar-refractivity contribution in [2.45, 2.75) is 37.8 Å². The smallest absolute Gasteiger partial charge is 0.289 e. The van der Waals surface area contributed by atoms with E-state index in [0.717, 1.165) is 25.7 Å². The fourth-order valence-electron chi connectivity index (χ4n) is 4.29. The van der Waals surface area contributed by atoms with Crippen molar-refractivity contribution in [3.05, 3.63) is 53.1 Å². The minimum absolute atomic E-state index is 0.151. The molecule has 2 aliphatic carbocycles. The third-order valence-corrected chi connectivity index (χ3v) is 5.75. The monoisotopic (exact) mass is 382 g/mol. The summed E-state index contributed by atoms with van der Waals surface area (Å²) in [5.41, 5.74) is 0.452. The Morgan fingerprint density at radius 1 is 1.19 bits per heavy atom. The molecule has 0 bridgehead atoms. The lowest BCUT2D eigenvalue weighted by atomic mass is 10.0. The van der Waals surface area contributed by atoms with Crippen LogP contribution in [0.4, 0.5) is 0 Å². The first-order chi connectivity index (χ1) is 13.1. The summed E-state index contributed by atoms with van der Waals surface area (Å²) in [5.74, 6) is 1.81. The lowest BCUT2D eigenvalue weighted by Gasteiger charge is -2.18. The zero-order valence-electron chi connectivity index (χ0n) is 14.6. The van der Waals surface area contributed by atoms with Gasteiger partial charge in [0.05, 0.1) is 16.7 Å². The van der Waals surface area contributed by atoms with E-state index in [2.05, 4.69) is 15.3 Å². The topological polar surface area (TPSA) is 87.9 Å². The van der Waals surface area contributed by atoms with Crippen LogP contribution in [0.25, 0.3) is 0 Å². The maximum absolute atomic E-state index is 12.2. The number of rotatable bonds is 4. The number of nitrogens with zero attached hydrogens (tertiary/aromatic N) is 3. The molecule has 0 aliphatic heterocycles. The molecular formula is C20H19ClN4O2. The molecule has 0 saturated heterocycles. The molecule has 2 saturated carbocycles. The Hall–Kier alpha value is -2.65. The molecule has 2 fully saturated rings. The number of hydrogen-bond donors (Lipinski definition) is 1. The maximum Gasteiger partial charge on any atom is 0.289 e. The van der Waals surface area contributed by atoms with E-state index < -0.39 is 0 Å². The van der Waals surface area contributed by atoms with Gasteiger partial charge in [-0.15, -0.1) is 0 Å². The van der Waals surface area contributed by atoms with Gasteiger partial charge in [0.25, 0.3) is 5.91 Å². The van der Waals surface area contributed by atoms with E-state index >= 15 is 0 Å². The van der Waals surface area contributed by atoms with Crippen molar-refractivity contribution < 1.29 is 9.53 Å². The molecule has 1 amide bonds. The van der Waals surface area contributed by atoms with Crippen molar-refractivity contribution in [3.8, 4) is 11.8 Å². The normalized spacial score (nSPS) is 26.2. The quantitative estimate of drug-likeness (QED) is 0.875. The summed E-state index contributed by atoms with van der Waals surface area (Å²) in [6.07, 6.45) is 7.14. The number of carbonyl (C=O) groups excluding carboxylic acids is 1. The van der Waals surface area contributed by atoms with E-state index in [1.54, 1.807) is 36.7 Å². The minimum atomic E-state index is -0.208. The highest BCUT2D eigenvalue weighted by atomic mass is 35.5. The molecule has 1 aromatic carbocycles. The Kier molecular flexibility index (Phi) is 4.95. The van der Waals surface area contributed by atoms with Crippen LogP contribution in [0.15, 0.2) is 36.7 Å². The van der Waals surface area contributed by atoms with Crippen molar-refractivity contribution in [2.24, 2.45) is 11.8 Å². The van der Waals surface area contributed by atoms with Crippen molar-refractivity contribution in [1.82, 2.24) is 15.3 Å². The summed E-state index contributed by atoms with van der Waals surface area (Å²) >= 11 is 6.08. The number of hydrogen-bond acceptors (Lipinski definition) is 5.